The number of nitrogens with one attached hydrogen (secondary N) is 1. The van der Waals surface area contributed by atoms with E-state index in [0.29, 0.717) is 11.5 Å². The quantitative estimate of drug-likeness (QED) is 0.486. The topological polar surface area (TPSA) is 68.5 Å². The first kappa shape index (κ1) is 18.7. The molecule has 0 radical (unpaired) electrons. The Balaban J connectivity index is 1.63. The number of benzene rings is 2. The third-order valence-corrected chi connectivity index (χ3v) is 4.84. The van der Waals surface area contributed by atoms with Crippen LogP contribution in [0.25, 0.3) is 16.8 Å². The number of fused-ring (bicyclic) bond motifs is 1. The molecule has 4 rings (SSSR count). The van der Waals surface area contributed by atoms with E-state index in [-0.39, 0.29) is 5.97 Å². The number of methoxy groups -OCH3 is 1. The Kier molecular flexibility index (Phi) is 4.99. The summed E-state index contributed by atoms with van der Waals surface area (Å²) in [5, 5.41) is 7.73. The van der Waals surface area contributed by atoms with Gasteiger partial charge in [0.15, 0.2) is 5.65 Å². The fourth-order valence-electron chi connectivity index (χ4n) is 3.15. The van der Waals surface area contributed by atoms with Gasteiger partial charge in [0.05, 0.1) is 18.9 Å². The Hall–Kier alpha value is -3.67. The average molecular weight is 386 g/mol. The van der Waals surface area contributed by atoms with E-state index in [4.69, 9.17) is 9.72 Å². The minimum atomic E-state index is -0.357. The summed E-state index contributed by atoms with van der Waals surface area (Å²) >= 11 is 0. The van der Waals surface area contributed by atoms with Crippen LogP contribution in [0.3, 0.4) is 0 Å². The summed E-state index contributed by atoms with van der Waals surface area (Å²) in [7, 11) is 1.37. The third-order valence-electron chi connectivity index (χ3n) is 4.84. The van der Waals surface area contributed by atoms with E-state index >= 15 is 0 Å². The highest BCUT2D eigenvalue weighted by Crippen LogP contribution is 2.26. The zero-order chi connectivity index (χ0) is 20.4. The zero-order valence-corrected chi connectivity index (χ0v) is 16.6. The van der Waals surface area contributed by atoms with Gasteiger partial charge in [0.2, 0.25) is 0 Å². The number of hydrogen-bond donors (Lipinski definition) is 1. The van der Waals surface area contributed by atoms with Crippen LogP contribution in [-0.2, 0) is 4.74 Å². The van der Waals surface area contributed by atoms with E-state index in [1.54, 1.807) is 22.8 Å². The summed E-state index contributed by atoms with van der Waals surface area (Å²) in [6.07, 6.45) is 3.65. The number of carbonyl (C=O) groups is 1. The maximum absolute atomic E-state index is 11.6. The minimum absolute atomic E-state index is 0.357. The third kappa shape index (κ3) is 3.82. The predicted molar refractivity (Wildman–Crippen MR) is 114 cm³/mol. The number of rotatable bonds is 5. The molecule has 2 aromatic heterocycles. The zero-order valence-electron chi connectivity index (χ0n) is 16.6. The first-order chi connectivity index (χ1) is 14.0. The number of anilines is 2. The highest BCUT2D eigenvalue weighted by molar-refractivity contribution is 5.90. The molecule has 0 saturated carbocycles. The highest BCUT2D eigenvalue weighted by Gasteiger charge is 2.11. The smallest absolute Gasteiger partial charge is 0.337 e. The molecule has 146 valence electrons. The van der Waals surface area contributed by atoms with Gasteiger partial charge >= 0.3 is 5.97 Å². The lowest BCUT2D eigenvalue weighted by Gasteiger charge is -2.09. The molecule has 0 unspecified atom stereocenters. The first-order valence-electron chi connectivity index (χ1n) is 9.45. The van der Waals surface area contributed by atoms with Crippen molar-refractivity contribution >= 4 is 23.1 Å². The molecule has 2 aromatic carbocycles. The number of nitrogens with zero attached hydrogens (tertiary/aromatic N) is 3. The van der Waals surface area contributed by atoms with Crippen molar-refractivity contribution in [2.45, 2.75) is 19.8 Å². The molecule has 0 bridgehead atoms. The number of esters is 1. The Morgan fingerprint density at radius 1 is 1.03 bits per heavy atom. The average Bonchev–Trinajstić information content (AvgIpc) is 3.17. The summed E-state index contributed by atoms with van der Waals surface area (Å²) in [5.74, 6) is 0.880. The Morgan fingerprint density at radius 3 is 2.41 bits per heavy atom. The summed E-state index contributed by atoms with van der Waals surface area (Å²) < 4.78 is 6.49. The first-order valence-corrected chi connectivity index (χ1v) is 9.45. The SMILES string of the molecule is COC(=O)c1ccc(-c2cnn3ccc(Nc4ccc(C(C)C)cc4)nc23)cc1. The van der Waals surface area contributed by atoms with Gasteiger partial charge in [-0.15, -0.1) is 0 Å². The molecule has 4 aromatic rings. The number of aromatic nitrogens is 3. The van der Waals surface area contributed by atoms with Gasteiger partial charge in [-0.05, 0) is 47.4 Å². The molecule has 0 aliphatic carbocycles. The molecule has 0 aliphatic heterocycles. The fraction of sp³-hybridized carbons (Fsp3) is 0.174. The van der Waals surface area contributed by atoms with E-state index < -0.39 is 0 Å². The van der Waals surface area contributed by atoms with E-state index in [1.807, 2.05) is 24.4 Å². The molecule has 0 spiro atoms. The molecule has 0 fully saturated rings. The molecule has 0 saturated heterocycles. The summed E-state index contributed by atoms with van der Waals surface area (Å²) in [5.41, 5.74) is 5.34. The Bertz CT molecular complexity index is 1150. The van der Waals surface area contributed by atoms with Crippen LogP contribution in [0, 0.1) is 0 Å². The van der Waals surface area contributed by atoms with Crippen molar-refractivity contribution in [3.63, 3.8) is 0 Å². The second kappa shape index (κ2) is 7.75. The Morgan fingerprint density at radius 2 is 1.76 bits per heavy atom. The molecule has 1 N–H and O–H groups in total. The normalized spacial score (nSPS) is 11.0. The predicted octanol–water partition coefficient (Wildman–Crippen LogP) is 5.05. The van der Waals surface area contributed by atoms with Crippen molar-refractivity contribution < 1.29 is 9.53 Å². The van der Waals surface area contributed by atoms with Gasteiger partial charge in [-0.1, -0.05) is 38.1 Å². The second-order valence-corrected chi connectivity index (χ2v) is 7.11. The van der Waals surface area contributed by atoms with Gasteiger partial charge in [0.1, 0.15) is 5.82 Å². The Labute approximate surface area is 169 Å². The molecular weight excluding hydrogens is 364 g/mol. The van der Waals surface area contributed by atoms with Gasteiger partial charge in [-0.3, -0.25) is 0 Å². The van der Waals surface area contributed by atoms with Crippen LogP contribution < -0.4 is 5.32 Å². The van der Waals surface area contributed by atoms with Crippen LogP contribution in [0.4, 0.5) is 11.5 Å². The highest BCUT2D eigenvalue weighted by atomic mass is 16.5. The monoisotopic (exact) mass is 386 g/mol. The van der Waals surface area contributed by atoms with E-state index in [9.17, 15) is 4.79 Å². The number of hydrogen-bond acceptors (Lipinski definition) is 5. The van der Waals surface area contributed by atoms with Crippen LogP contribution >= 0.6 is 0 Å². The van der Waals surface area contributed by atoms with Crippen molar-refractivity contribution in [3.05, 3.63) is 78.1 Å². The van der Waals surface area contributed by atoms with E-state index in [0.717, 1.165) is 28.3 Å². The van der Waals surface area contributed by atoms with Crippen LogP contribution in [-0.4, -0.2) is 27.7 Å². The molecule has 6 heteroatoms. The van der Waals surface area contributed by atoms with Crippen molar-refractivity contribution in [3.8, 4) is 11.1 Å². The van der Waals surface area contributed by atoms with Gasteiger partial charge < -0.3 is 10.1 Å². The lowest BCUT2D eigenvalue weighted by molar-refractivity contribution is 0.0601. The van der Waals surface area contributed by atoms with Crippen LogP contribution in [0.5, 0.6) is 0 Å². The van der Waals surface area contributed by atoms with Gasteiger partial charge in [-0.25, -0.2) is 14.3 Å². The second-order valence-electron chi connectivity index (χ2n) is 7.11. The maximum atomic E-state index is 11.6. The van der Waals surface area contributed by atoms with Crippen LogP contribution in [0.15, 0.2) is 67.0 Å². The molecule has 6 nitrogen and oxygen atoms in total. The van der Waals surface area contributed by atoms with Gasteiger partial charge in [0, 0.05) is 17.4 Å². The summed E-state index contributed by atoms with van der Waals surface area (Å²) in [6.45, 7) is 4.35. The molecule has 0 aliphatic rings. The number of carbonyl (C=O) groups excluding carboxylic acids is 1. The van der Waals surface area contributed by atoms with Crippen molar-refractivity contribution in [2.24, 2.45) is 0 Å². The summed E-state index contributed by atoms with van der Waals surface area (Å²) in [4.78, 5) is 16.4. The van der Waals surface area contributed by atoms with Gasteiger partial charge in [-0.2, -0.15) is 5.10 Å². The summed E-state index contributed by atoms with van der Waals surface area (Å²) in [6, 6.07) is 17.5. The fourth-order valence-corrected chi connectivity index (χ4v) is 3.15. The standard InChI is InChI=1S/C23H22N4O2/c1-15(2)16-8-10-19(11-9-16)25-21-12-13-27-22(26-21)20(14-24-27)17-4-6-18(7-5-17)23(28)29-3/h4-15H,1-3H3,(H,25,26). The lowest BCUT2D eigenvalue weighted by atomic mass is 10.0. The van der Waals surface area contributed by atoms with E-state index in [1.165, 1.54) is 12.7 Å². The maximum Gasteiger partial charge on any atom is 0.337 e. The van der Waals surface area contributed by atoms with Crippen molar-refractivity contribution in [1.29, 1.82) is 0 Å². The molecule has 29 heavy (non-hydrogen) atoms. The van der Waals surface area contributed by atoms with Crippen molar-refractivity contribution in [2.75, 3.05) is 12.4 Å². The molecule has 0 atom stereocenters. The van der Waals surface area contributed by atoms with E-state index in [2.05, 4.69) is 48.5 Å². The minimum Gasteiger partial charge on any atom is -0.465 e. The molecule has 0 amide bonds. The number of ether oxygens (including phenoxy) is 1. The van der Waals surface area contributed by atoms with Crippen molar-refractivity contribution in [1.82, 2.24) is 14.6 Å². The molecular formula is C23H22N4O2. The van der Waals surface area contributed by atoms with Gasteiger partial charge in [0.25, 0.3) is 0 Å². The lowest BCUT2D eigenvalue weighted by Crippen LogP contribution is -2.00. The molecule has 2 heterocycles. The van der Waals surface area contributed by atoms with Crippen LogP contribution in [0.1, 0.15) is 35.7 Å². The largest absolute Gasteiger partial charge is 0.465 e. The van der Waals surface area contributed by atoms with Crippen LogP contribution in [0.2, 0.25) is 0 Å².